The van der Waals surface area contributed by atoms with Crippen molar-refractivity contribution in [3.8, 4) is 0 Å². The first-order valence-electron chi connectivity index (χ1n) is 30.2. The van der Waals surface area contributed by atoms with Gasteiger partial charge in [-0.3, -0.25) is 37.5 Å². The second kappa shape index (κ2) is 32.9. The van der Waals surface area contributed by atoms with E-state index in [0.717, 1.165) is 22.3 Å². The van der Waals surface area contributed by atoms with Crippen molar-refractivity contribution >= 4 is 45.9 Å². The number of benzene rings is 3. The molecule has 3 aliphatic heterocycles. The van der Waals surface area contributed by atoms with E-state index < -0.39 is 125 Å². The van der Waals surface area contributed by atoms with Crippen molar-refractivity contribution in [3.63, 3.8) is 0 Å². The third kappa shape index (κ3) is 20.6. The Bertz CT molecular complexity index is 2610. The quantitative estimate of drug-likeness (QED) is 0.0273. The largest absolute Gasteiger partial charge is 0.475 e. The zero-order chi connectivity index (χ0) is 61.9. The summed E-state index contributed by atoms with van der Waals surface area (Å²) >= 11 is 0. The van der Waals surface area contributed by atoms with Crippen molar-refractivity contribution in [3.05, 3.63) is 107 Å². The summed E-state index contributed by atoms with van der Waals surface area (Å²) < 4.78 is 91.2. The lowest BCUT2D eigenvalue weighted by molar-refractivity contribution is -0.284. The van der Waals surface area contributed by atoms with Gasteiger partial charge in [0.25, 0.3) is 0 Å². The number of carbonyl (C=O) groups excluding carboxylic acids is 5. The van der Waals surface area contributed by atoms with Gasteiger partial charge in [-0.05, 0) is 59.6 Å². The molecule has 4 unspecified atom stereocenters. The molecule has 2 saturated heterocycles. The van der Waals surface area contributed by atoms with Crippen LogP contribution in [-0.2, 0) is 111 Å². The number of ether oxygens (including phenoxy) is 8. The number of hydrogen-bond acceptors (Lipinski definition) is 18. The fraction of sp³-hybridized carbons (Fsp3) is 0.635. The lowest BCUT2D eigenvalue weighted by Crippen LogP contribution is -2.66. The number of hydrogen-bond donors (Lipinski definition) is 2. The molecule has 0 spiro atoms. The Morgan fingerprint density at radius 1 is 0.612 bits per heavy atom. The molecule has 2 fully saturated rings. The summed E-state index contributed by atoms with van der Waals surface area (Å²) in [5.41, 5.74) is 3.40. The number of rotatable bonds is 30. The second-order valence-corrected chi connectivity index (χ2v) is 30.1. The summed E-state index contributed by atoms with van der Waals surface area (Å²) in [4.78, 5) is 67.9. The SMILES string of the molecule is CCC(=O)O[C@H](CC)CC(=O)NC1[C@H](OCC2O[C@@H](O[Si](C)(C)C(C)(C)C)C(NC(=O)C[C@@H](CC)OC(=O)CC)[C@@H](OC(=O)C[C@H](CC)OCc3ccccc3)[C@H]2C)OC(COCc2ccccc2)[C@H](OP2(=O)OCc3ccccc3CO2)[C@@H]1C. The molecular weight excluding hydrogens is 1130 g/mol. The van der Waals surface area contributed by atoms with E-state index in [4.69, 9.17) is 55.9 Å². The van der Waals surface area contributed by atoms with E-state index in [2.05, 4.69) is 31.4 Å². The van der Waals surface area contributed by atoms with Gasteiger partial charge >= 0.3 is 25.7 Å². The number of carbonyl (C=O) groups is 5. The predicted octanol–water partition coefficient (Wildman–Crippen LogP) is 10.7. The normalized spacial score (nSPS) is 25.2. The number of phosphoric ester groups is 1. The molecule has 0 saturated carbocycles. The van der Waals surface area contributed by atoms with E-state index in [1.54, 1.807) is 20.8 Å². The van der Waals surface area contributed by atoms with Crippen LogP contribution in [0.2, 0.25) is 18.1 Å². The number of nitrogens with one attached hydrogen (secondary N) is 2. The Balaban J connectivity index is 1.36. The van der Waals surface area contributed by atoms with Crippen molar-refractivity contribution in [2.75, 3.05) is 13.2 Å². The molecule has 0 aromatic heterocycles. The summed E-state index contributed by atoms with van der Waals surface area (Å²) in [6, 6.07) is 24.5. The molecule has 2 N–H and O–H groups in total. The van der Waals surface area contributed by atoms with Gasteiger partial charge in [-0.25, -0.2) is 4.57 Å². The van der Waals surface area contributed by atoms with Crippen LogP contribution in [0.1, 0.15) is 143 Å². The first kappa shape index (κ1) is 69.2. The molecule has 0 aliphatic carbocycles. The van der Waals surface area contributed by atoms with Gasteiger partial charge in [0.2, 0.25) is 11.8 Å². The standard InChI is InChI=1S/C63H93N2O18PSi/c1-13-47(73-36-44-28-22-19-23-29-44)34-56(70)81-60-41(6)50(79-62(83-85(11,12)63(8,9)10)58(60)65-53(67)33-49(15-3)78-55(69)17-5)40-74-61-57(64-52(66)32-48(14-2)77-54(68)16-4)42(7)59(51(80-61)39-72-35-43-26-20-18-21-27-43)82-84(71)75-37-45-30-24-25-31-46(45)38-76-84/h18-31,41-42,47-51,57-62H,13-17,32-40H2,1-12H3,(H,64,66)(H,65,67)/t41-,42+,47-,48+,49+,50?,51?,57?,58?,59+,60-,61+,62-/m0/s1. The van der Waals surface area contributed by atoms with Gasteiger partial charge in [0.05, 0.1) is 77.2 Å². The second-order valence-electron chi connectivity index (χ2n) is 23.7. The number of amides is 2. The Labute approximate surface area is 503 Å². The summed E-state index contributed by atoms with van der Waals surface area (Å²) in [5, 5.41) is 5.83. The first-order valence-corrected chi connectivity index (χ1v) is 34.5. The van der Waals surface area contributed by atoms with Crippen molar-refractivity contribution in [2.24, 2.45) is 11.8 Å². The van der Waals surface area contributed by atoms with Crippen LogP contribution in [0.25, 0.3) is 0 Å². The molecule has 2 amide bonds. The minimum absolute atomic E-state index is 0.0548. The average molecular weight is 1230 g/mol. The number of fused-ring (bicyclic) bond motifs is 1. The van der Waals surface area contributed by atoms with Gasteiger partial charge in [0, 0.05) is 24.7 Å². The minimum atomic E-state index is -4.34. The van der Waals surface area contributed by atoms with Gasteiger partial charge in [0.1, 0.15) is 36.6 Å². The van der Waals surface area contributed by atoms with E-state index >= 15 is 0 Å². The van der Waals surface area contributed by atoms with Crippen LogP contribution in [0, 0.1) is 11.8 Å². The maximum absolute atomic E-state index is 14.7. The molecule has 13 atom stereocenters. The van der Waals surface area contributed by atoms with Crippen LogP contribution in [-0.4, -0.2) is 119 Å². The molecule has 0 radical (unpaired) electrons. The zero-order valence-electron chi connectivity index (χ0n) is 51.8. The highest BCUT2D eigenvalue weighted by molar-refractivity contribution is 7.48. The zero-order valence-corrected chi connectivity index (χ0v) is 53.7. The maximum Gasteiger partial charge on any atom is 0.475 e. The Kier molecular flexibility index (Phi) is 26.8. The molecule has 3 aromatic carbocycles. The van der Waals surface area contributed by atoms with Crippen LogP contribution in [0.4, 0.5) is 0 Å². The van der Waals surface area contributed by atoms with Crippen LogP contribution < -0.4 is 10.6 Å². The van der Waals surface area contributed by atoms with Gasteiger partial charge in [-0.15, -0.1) is 0 Å². The summed E-state index contributed by atoms with van der Waals surface area (Å²) in [5.74, 6) is -3.92. The lowest BCUT2D eigenvalue weighted by atomic mass is 9.88. The topological polar surface area (TPSA) is 237 Å². The lowest BCUT2D eigenvalue weighted by Gasteiger charge is -2.49. The minimum Gasteiger partial charge on any atom is -0.462 e. The van der Waals surface area contributed by atoms with Crippen LogP contribution in [0.5, 0.6) is 0 Å². The molecule has 85 heavy (non-hydrogen) atoms. The fourth-order valence-electron chi connectivity index (χ4n) is 9.85. The Hall–Kier alpha value is -4.90. The van der Waals surface area contributed by atoms with E-state index in [1.807, 2.05) is 126 Å². The number of phosphoric acid groups is 1. The monoisotopic (exact) mass is 1220 g/mol. The van der Waals surface area contributed by atoms with E-state index in [0.29, 0.717) is 19.3 Å². The smallest absolute Gasteiger partial charge is 0.462 e. The van der Waals surface area contributed by atoms with Gasteiger partial charge in [-0.2, -0.15) is 0 Å². The molecule has 472 valence electrons. The highest BCUT2D eigenvalue weighted by atomic mass is 31.2. The molecule has 3 heterocycles. The molecule has 3 aromatic rings. The van der Waals surface area contributed by atoms with Crippen LogP contribution in [0.15, 0.2) is 84.9 Å². The van der Waals surface area contributed by atoms with Gasteiger partial charge < -0.3 is 53.0 Å². The van der Waals surface area contributed by atoms with Crippen molar-refractivity contribution in [1.82, 2.24) is 10.6 Å². The van der Waals surface area contributed by atoms with Gasteiger partial charge in [0.15, 0.2) is 20.9 Å². The Morgan fingerprint density at radius 2 is 1.12 bits per heavy atom. The molecule has 22 heteroatoms. The van der Waals surface area contributed by atoms with E-state index in [1.165, 1.54) is 0 Å². The van der Waals surface area contributed by atoms with Gasteiger partial charge in [-0.1, -0.05) is 154 Å². The molecular formula is C63H93N2O18PSi. The molecule has 6 rings (SSSR count). The summed E-state index contributed by atoms with van der Waals surface area (Å²) in [7, 11) is -7.14. The van der Waals surface area contributed by atoms with E-state index in [9.17, 15) is 28.5 Å². The molecule has 3 aliphatic rings. The molecule has 20 nitrogen and oxygen atoms in total. The van der Waals surface area contributed by atoms with Crippen molar-refractivity contribution in [2.45, 2.75) is 233 Å². The maximum atomic E-state index is 14.7. The number of esters is 3. The highest BCUT2D eigenvalue weighted by Crippen LogP contribution is 2.56. The fourth-order valence-corrected chi connectivity index (χ4v) is 12.4. The van der Waals surface area contributed by atoms with E-state index in [-0.39, 0.29) is 76.8 Å². The Morgan fingerprint density at radius 3 is 1.64 bits per heavy atom. The summed E-state index contributed by atoms with van der Waals surface area (Å²) in [6.07, 6.45) is -7.57. The highest BCUT2D eigenvalue weighted by Gasteiger charge is 2.53. The third-order valence-corrected chi connectivity index (χ3v) is 22.1. The molecule has 0 bridgehead atoms. The van der Waals surface area contributed by atoms with Crippen LogP contribution in [0.3, 0.4) is 0 Å². The predicted molar refractivity (Wildman–Crippen MR) is 318 cm³/mol. The first-order chi connectivity index (χ1) is 40.5. The third-order valence-electron chi connectivity index (χ3n) is 16.3. The summed E-state index contributed by atoms with van der Waals surface area (Å²) in [6.45, 7) is 22.8. The van der Waals surface area contributed by atoms with Crippen molar-refractivity contribution in [1.29, 1.82) is 0 Å². The van der Waals surface area contributed by atoms with Crippen molar-refractivity contribution < 1.29 is 84.4 Å². The average Bonchev–Trinajstić information content (AvgIpc) is 2.31. The van der Waals surface area contributed by atoms with Crippen LogP contribution >= 0.6 is 7.82 Å².